The predicted molar refractivity (Wildman–Crippen MR) is 142 cm³/mol. The highest BCUT2D eigenvalue weighted by Crippen LogP contribution is 2.35. The molecule has 0 radical (unpaired) electrons. The Morgan fingerprint density at radius 2 is 1.36 bits per heavy atom. The molecule has 9 nitrogen and oxygen atoms in total. The SMILES string of the molecule is CCCCCCCCCCCCCC(=O)O[C@@H](CNCCCCCCCCOC=O)COP(=O)(O)O. The van der Waals surface area contributed by atoms with E-state index in [1.54, 1.807) is 0 Å². The van der Waals surface area contributed by atoms with Gasteiger partial charge >= 0.3 is 13.8 Å². The summed E-state index contributed by atoms with van der Waals surface area (Å²) in [5, 5.41) is 3.19. The highest BCUT2D eigenvalue weighted by molar-refractivity contribution is 7.46. The van der Waals surface area contributed by atoms with Crippen LogP contribution in [0.15, 0.2) is 0 Å². The zero-order valence-electron chi connectivity index (χ0n) is 22.5. The van der Waals surface area contributed by atoms with Crippen LogP contribution < -0.4 is 5.32 Å². The molecule has 0 amide bonds. The normalized spacial score (nSPS) is 12.4. The summed E-state index contributed by atoms with van der Waals surface area (Å²) < 4.78 is 25.7. The monoisotopic (exact) mass is 537 g/mol. The van der Waals surface area contributed by atoms with Crippen molar-refractivity contribution in [3.63, 3.8) is 0 Å². The minimum atomic E-state index is -4.63. The fraction of sp³-hybridized carbons (Fsp3) is 0.923. The molecule has 10 heteroatoms. The molecule has 214 valence electrons. The number of hydrogen-bond donors (Lipinski definition) is 3. The molecule has 0 rings (SSSR count). The van der Waals surface area contributed by atoms with Gasteiger partial charge in [-0.2, -0.15) is 0 Å². The van der Waals surface area contributed by atoms with E-state index in [4.69, 9.17) is 14.5 Å². The van der Waals surface area contributed by atoms with E-state index in [1.807, 2.05) is 0 Å². The Labute approximate surface area is 218 Å². The van der Waals surface area contributed by atoms with Crippen molar-refractivity contribution in [2.75, 3.05) is 26.3 Å². The third kappa shape index (κ3) is 27.6. The summed E-state index contributed by atoms with van der Waals surface area (Å²) in [5.41, 5.74) is 0. The Hall–Kier alpha value is -0.990. The van der Waals surface area contributed by atoms with Gasteiger partial charge < -0.3 is 24.6 Å². The quantitative estimate of drug-likeness (QED) is 0.0489. The van der Waals surface area contributed by atoms with Crippen molar-refractivity contribution in [2.45, 2.75) is 129 Å². The molecule has 0 aliphatic carbocycles. The van der Waals surface area contributed by atoms with Crippen molar-refractivity contribution in [1.82, 2.24) is 5.32 Å². The van der Waals surface area contributed by atoms with Gasteiger partial charge in [-0.15, -0.1) is 0 Å². The number of phosphoric ester groups is 1. The second kappa shape index (κ2) is 25.7. The summed E-state index contributed by atoms with van der Waals surface area (Å²) in [6, 6.07) is 0. The summed E-state index contributed by atoms with van der Waals surface area (Å²) in [6.45, 7) is 3.84. The number of nitrogens with one attached hydrogen (secondary N) is 1. The molecule has 0 aromatic heterocycles. The lowest BCUT2D eigenvalue weighted by molar-refractivity contribution is -0.150. The molecular weight excluding hydrogens is 485 g/mol. The van der Waals surface area contributed by atoms with Gasteiger partial charge in [0.2, 0.25) is 0 Å². The topological polar surface area (TPSA) is 131 Å². The highest BCUT2D eigenvalue weighted by Gasteiger charge is 2.21. The average Bonchev–Trinajstić information content (AvgIpc) is 2.83. The first-order valence-corrected chi connectivity index (χ1v) is 15.6. The van der Waals surface area contributed by atoms with Crippen LogP contribution in [-0.4, -0.2) is 54.6 Å². The molecule has 0 fully saturated rings. The van der Waals surface area contributed by atoms with Crippen LogP contribution in [0.1, 0.15) is 122 Å². The van der Waals surface area contributed by atoms with Gasteiger partial charge in [-0.3, -0.25) is 14.1 Å². The zero-order chi connectivity index (χ0) is 26.7. The van der Waals surface area contributed by atoms with Crippen LogP contribution in [-0.2, 0) is 28.2 Å². The fourth-order valence-electron chi connectivity index (χ4n) is 3.95. The van der Waals surface area contributed by atoms with Crippen LogP contribution in [0.5, 0.6) is 0 Å². The smallest absolute Gasteiger partial charge is 0.468 e. The molecule has 0 saturated carbocycles. The molecule has 36 heavy (non-hydrogen) atoms. The maximum atomic E-state index is 12.2. The lowest BCUT2D eigenvalue weighted by atomic mass is 10.1. The zero-order valence-corrected chi connectivity index (χ0v) is 23.4. The second-order valence-corrected chi connectivity index (χ2v) is 10.7. The number of esters is 1. The lowest BCUT2D eigenvalue weighted by Crippen LogP contribution is -2.35. The Morgan fingerprint density at radius 1 is 0.833 bits per heavy atom. The van der Waals surface area contributed by atoms with E-state index < -0.39 is 13.9 Å². The van der Waals surface area contributed by atoms with Crippen molar-refractivity contribution in [3.8, 4) is 0 Å². The molecule has 0 aliphatic heterocycles. The third-order valence-electron chi connectivity index (χ3n) is 6.02. The first-order chi connectivity index (χ1) is 17.4. The maximum Gasteiger partial charge on any atom is 0.469 e. The van der Waals surface area contributed by atoms with Gasteiger partial charge in [0.25, 0.3) is 6.47 Å². The highest BCUT2D eigenvalue weighted by atomic mass is 31.2. The maximum absolute atomic E-state index is 12.2. The van der Waals surface area contributed by atoms with Crippen molar-refractivity contribution in [3.05, 3.63) is 0 Å². The largest absolute Gasteiger partial charge is 0.469 e. The number of rotatable bonds is 28. The van der Waals surface area contributed by atoms with Crippen molar-refractivity contribution in [2.24, 2.45) is 0 Å². The Balaban J connectivity index is 3.91. The van der Waals surface area contributed by atoms with Crippen molar-refractivity contribution < 1.29 is 37.9 Å². The van der Waals surface area contributed by atoms with Crippen LogP contribution in [0.4, 0.5) is 0 Å². The number of hydrogen-bond acceptors (Lipinski definition) is 7. The minimum absolute atomic E-state index is 0.285. The summed E-state index contributed by atoms with van der Waals surface area (Å²) in [5.74, 6) is -0.356. The molecule has 0 unspecified atom stereocenters. The van der Waals surface area contributed by atoms with E-state index >= 15 is 0 Å². The first kappa shape index (κ1) is 35.0. The van der Waals surface area contributed by atoms with Crippen LogP contribution >= 0.6 is 7.82 Å². The molecule has 0 saturated heterocycles. The summed E-state index contributed by atoms with van der Waals surface area (Å²) in [6.07, 6.45) is 18.8. The van der Waals surface area contributed by atoms with Gasteiger partial charge in [-0.1, -0.05) is 96.8 Å². The second-order valence-electron chi connectivity index (χ2n) is 9.48. The van der Waals surface area contributed by atoms with Gasteiger partial charge in [0.15, 0.2) is 0 Å². The van der Waals surface area contributed by atoms with Gasteiger partial charge in [-0.25, -0.2) is 4.57 Å². The van der Waals surface area contributed by atoms with Gasteiger partial charge in [-0.05, 0) is 25.8 Å². The number of ether oxygens (including phenoxy) is 2. The van der Waals surface area contributed by atoms with Gasteiger partial charge in [0.05, 0.1) is 13.2 Å². The van der Waals surface area contributed by atoms with E-state index in [1.165, 1.54) is 51.4 Å². The number of carbonyl (C=O) groups excluding carboxylic acids is 2. The molecule has 0 aromatic rings. The standard InChI is InChI=1S/C26H52NO8P/c1-2-3-4-5-6-7-8-9-10-13-16-19-26(29)35-25(23-34-36(30,31)32)22-27-20-17-14-11-12-15-18-21-33-24-28/h24-25,27H,2-23H2,1H3,(H2,30,31,32)/t25-/m0/s1. The average molecular weight is 538 g/mol. The Bertz CT molecular complexity index is 558. The van der Waals surface area contributed by atoms with Crippen LogP contribution in [0.3, 0.4) is 0 Å². The van der Waals surface area contributed by atoms with Crippen molar-refractivity contribution in [1.29, 1.82) is 0 Å². The van der Waals surface area contributed by atoms with E-state index in [-0.39, 0.29) is 19.1 Å². The molecule has 0 heterocycles. The summed E-state index contributed by atoms with van der Waals surface area (Å²) in [7, 11) is -4.63. The number of unbranched alkanes of at least 4 members (excludes halogenated alkanes) is 15. The third-order valence-corrected chi connectivity index (χ3v) is 6.50. The fourth-order valence-corrected chi connectivity index (χ4v) is 4.31. The van der Waals surface area contributed by atoms with Crippen molar-refractivity contribution >= 4 is 20.3 Å². The Kier molecular flexibility index (Phi) is 24.9. The molecule has 0 bridgehead atoms. The Morgan fingerprint density at radius 3 is 1.92 bits per heavy atom. The van der Waals surface area contributed by atoms with E-state index in [9.17, 15) is 14.2 Å². The van der Waals surface area contributed by atoms with Crippen LogP contribution in [0, 0.1) is 0 Å². The van der Waals surface area contributed by atoms with Crippen LogP contribution in [0.2, 0.25) is 0 Å². The van der Waals surface area contributed by atoms with Crippen LogP contribution in [0.25, 0.3) is 0 Å². The first-order valence-electron chi connectivity index (χ1n) is 14.0. The van der Waals surface area contributed by atoms with E-state index in [0.717, 1.165) is 64.3 Å². The molecule has 0 aliphatic rings. The molecule has 0 aromatic carbocycles. The molecule has 3 N–H and O–H groups in total. The number of carbonyl (C=O) groups is 2. The molecule has 0 spiro atoms. The minimum Gasteiger partial charge on any atom is -0.468 e. The molecule has 1 atom stereocenters. The molecular formula is C26H52NO8P. The number of phosphoric acid groups is 1. The predicted octanol–water partition coefficient (Wildman–Crippen LogP) is 5.81. The van der Waals surface area contributed by atoms with Gasteiger partial charge in [0.1, 0.15) is 6.10 Å². The van der Waals surface area contributed by atoms with E-state index in [2.05, 4.69) is 21.5 Å². The summed E-state index contributed by atoms with van der Waals surface area (Å²) >= 11 is 0. The summed E-state index contributed by atoms with van der Waals surface area (Å²) in [4.78, 5) is 40.2. The lowest BCUT2D eigenvalue weighted by Gasteiger charge is -2.19. The van der Waals surface area contributed by atoms with E-state index in [0.29, 0.717) is 19.5 Å². The van der Waals surface area contributed by atoms with Gasteiger partial charge in [0, 0.05) is 13.0 Å².